The van der Waals surface area contributed by atoms with Crippen molar-refractivity contribution in [3.05, 3.63) is 65.3 Å². The van der Waals surface area contributed by atoms with E-state index in [1.54, 1.807) is 18.2 Å². The lowest BCUT2D eigenvalue weighted by molar-refractivity contribution is -0.140. The molecule has 1 aromatic carbocycles. The van der Waals surface area contributed by atoms with Crippen molar-refractivity contribution in [2.75, 3.05) is 19.0 Å². The minimum atomic E-state index is -1.04. The van der Waals surface area contributed by atoms with Gasteiger partial charge in [-0.15, -0.1) is 0 Å². The van der Waals surface area contributed by atoms with Crippen molar-refractivity contribution in [1.29, 1.82) is 0 Å². The second-order valence-electron chi connectivity index (χ2n) is 9.39. The first-order valence-corrected chi connectivity index (χ1v) is 11.3. The zero-order valence-electron chi connectivity index (χ0n) is 20.1. The number of ketones is 1. The highest BCUT2D eigenvalue weighted by Gasteiger charge is 2.55. The molecule has 1 aliphatic heterocycles. The zero-order valence-corrected chi connectivity index (χ0v) is 20.1. The molecule has 1 heterocycles. The van der Waals surface area contributed by atoms with Gasteiger partial charge in [0, 0.05) is 26.2 Å². The van der Waals surface area contributed by atoms with Gasteiger partial charge >= 0.3 is 11.9 Å². The summed E-state index contributed by atoms with van der Waals surface area (Å²) in [6.45, 7) is 6.09. The Bertz CT molecular complexity index is 998. The van der Waals surface area contributed by atoms with Crippen LogP contribution in [-0.2, 0) is 19.1 Å². The first kappa shape index (κ1) is 24.5. The number of hydrogen-bond acceptors (Lipinski definition) is 6. The number of hydrogen-bond donors (Lipinski definition) is 0. The number of carbonyl (C=O) groups excluding carboxylic acids is 3. The molecule has 0 bridgehead atoms. The summed E-state index contributed by atoms with van der Waals surface area (Å²) in [4.78, 5) is 39.9. The standard InChI is InChI=1S/C27H33NO5/c1-18(2)7-6-8-19(3)15-24-27(17-25(30)33-24)16-22(13-14-23(27)29)32-26(31)20-9-11-21(12-10-20)28(4)5/h7,9-15,22,24H,6,8,16-17H2,1-5H3/t22-,24-,27?/m1/s1. The summed E-state index contributed by atoms with van der Waals surface area (Å²) >= 11 is 0. The van der Waals surface area contributed by atoms with Gasteiger partial charge < -0.3 is 14.4 Å². The maximum atomic E-state index is 13.0. The first-order chi connectivity index (χ1) is 15.6. The molecule has 1 unspecified atom stereocenters. The van der Waals surface area contributed by atoms with Crippen LogP contribution in [0.2, 0.25) is 0 Å². The lowest BCUT2D eigenvalue weighted by atomic mass is 9.69. The SMILES string of the molecule is CC(C)=CCCC(C)=C[C@H]1OC(=O)CC12C[C@H](OC(=O)c1ccc(N(C)C)cc1)C=CC2=O. The maximum absolute atomic E-state index is 13.0. The highest BCUT2D eigenvalue weighted by atomic mass is 16.6. The fourth-order valence-corrected chi connectivity index (χ4v) is 4.26. The van der Waals surface area contributed by atoms with Crippen molar-refractivity contribution < 1.29 is 23.9 Å². The highest BCUT2D eigenvalue weighted by molar-refractivity contribution is 6.00. The van der Waals surface area contributed by atoms with Crippen molar-refractivity contribution in [1.82, 2.24) is 0 Å². The summed E-state index contributed by atoms with van der Waals surface area (Å²) in [5, 5.41) is 0. The second kappa shape index (κ2) is 10.2. The number of nitrogens with zero attached hydrogens (tertiary/aromatic N) is 1. The topological polar surface area (TPSA) is 72.9 Å². The lowest BCUT2D eigenvalue weighted by Crippen LogP contribution is -2.43. The molecule has 176 valence electrons. The third-order valence-electron chi connectivity index (χ3n) is 6.19. The van der Waals surface area contributed by atoms with Crippen LogP contribution in [0.3, 0.4) is 0 Å². The van der Waals surface area contributed by atoms with Gasteiger partial charge in [0.2, 0.25) is 0 Å². The predicted octanol–water partition coefficient (Wildman–Crippen LogP) is 4.80. The van der Waals surface area contributed by atoms with Gasteiger partial charge in [-0.2, -0.15) is 0 Å². The summed E-state index contributed by atoms with van der Waals surface area (Å²) < 4.78 is 11.3. The van der Waals surface area contributed by atoms with Gasteiger partial charge in [0.1, 0.15) is 12.2 Å². The van der Waals surface area contributed by atoms with E-state index >= 15 is 0 Å². The van der Waals surface area contributed by atoms with Crippen molar-refractivity contribution in [3.8, 4) is 0 Å². The van der Waals surface area contributed by atoms with E-state index in [9.17, 15) is 14.4 Å². The van der Waals surface area contributed by atoms with E-state index in [0.717, 1.165) is 24.1 Å². The molecule has 1 aliphatic carbocycles. The van der Waals surface area contributed by atoms with Gasteiger partial charge in [0.25, 0.3) is 0 Å². The van der Waals surface area contributed by atoms with Crippen LogP contribution in [-0.4, -0.2) is 44.0 Å². The highest BCUT2D eigenvalue weighted by Crippen LogP contribution is 2.45. The Labute approximate surface area is 195 Å². The molecule has 1 saturated heterocycles. The van der Waals surface area contributed by atoms with E-state index in [4.69, 9.17) is 9.47 Å². The molecule has 1 spiro atoms. The molecule has 0 saturated carbocycles. The Morgan fingerprint density at radius 2 is 1.88 bits per heavy atom. The average molecular weight is 452 g/mol. The molecule has 33 heavy (non-hydrogen) atoms. The number of benzene rings is 1. The van der Waals surface area contributed by atoms with Gasteiger partial charge in [-0.3, -0.25) is 9.59 Å². The van der Waals surface area contributed by atoms with E-state index in [0.29, 0.717) is 5.56 Å². The summed E-state index contributed by atoms with van der Waals surface area (Å²) in [6.07, 6.45) is 7.72. The molecule has 1 fully saturated rings. The van der Waals surface area contributed by atoms with Crippen molar-refractivity contribution >= 4 is 23.4 Å². The van der Waals surface area contributed by atoms with Crippen LogP contribution in [0, 0.1) is 5.41 Å². The summed E-state index contributed by atoms with van der Waals surface area (Å²) in [6, 6.07) is 7.13. The smallest absolute Gasteiger partial charge is 0.338 e. The van der Waals surface area contributed by atoms with Gasteiger partial charge in [-0.05, 0) is 76.1 Å². The molecule has 1 aromatic rings. The Morgan fingerprint density at radius 3 is 2.52 bits per heavy atom. The quantitative estimate of drug-likeness (QED) is 0.438. The second-order valence-corrected chi connectivity index (χ2v) is 9.39. The molecule has 2 aliphatic rings. The van der Waals surface area contributed by atoms with Crippen molar-refractivity contribution in [2.45, 2.75) is 58.7 Å². The normalized spacial score (nSPS) is 24.6. The largest absolute Gasteiger partial charge is 0.457 e. The fourth-order valence-electron chi connectivity index (χ4n) is 4.26. The van der Waals surface area contributed by atoms with E-state index < -0.39 is 29.6 Å². The van der Waals surface area contributed by atoms with Crippen molar-refractivity contribution in [2.24, 2.45) is 5.41 Å². The lowest BCUT2D eigenvalue weighted by Gasteiger charge is -2.34. The minimum absolute atomic E-state index is 0.00975. The van der Waals surface area contributed by atoms with Crippen LogP contribution in [0.4, 0.5) is 5.69 Å². The molecule has 3 rings (SSSR count). The predicted molar refractivity (Wildman–Crippen MR) is 128 cm³/mol. The van der Waals surface area contributed by atoms with E-state index in [1.807, 2.05) is 44.1 Å². The van der Waals surface area contributed by atoms with Crippen LogP contribution in [0.5, 0.6) is 0 Å². The number of cyclic esters (lactones) is 1. The number of esters is 2. The van der Waals surface area contributed by atoms with Gasteiger partial charge in [0.05, 0.1) is 17.4 Å². The summed E-state index contributed by atoms with van der Waals surface area (Å²) in [5.41, 5.74) is 2.68. The molecule has 6 nitrogen and oxygen atoms in total. The fraction of sp³-hybridized carbons (Fsp3) is 0.444. The molecule has 6 heteroatoms. The number of allylic oxidation sites excluding steroid dienone is 4. The minimum Gasteiger partial charge on any atom is -0.457 e. The van der Waals surface area contributed by atoms with Crippen LogP contribution < -0.4 is 4.90 Å². The van der Waals surface area contributed by atoms with Crippen LogP contribution in [0.1, 0.15) is 56.8 Å². The Morgan fingerprint density at radius 1 is 1.18 bits per heavy atom. The zero-order chi connectivity index (χ0) is 24.2. The number of carbonyl (C=O) groups is 3. The molecule has 0 amide bonds. The maximum Gasteiger partial charge on any atom is 0.338 e. The average Bonchev–Trinajstić information content (AvgIpc) is 3.05. The molecule has 0 aromatic heterocycles. The van der Waals surface area contributed by atoms with Crippen LogP contribution in [0.25, 0.3) is 0 Å². The third-order valence-corrected chi connectivity index (χ3v) is 6.19. The van der Waals surface area contributed by atoms with Gasteiger partial charge in [-0.25, -0.2) is 4.79 Å². The molecule has 3 atom stereocenters. The van der Waals surface area contributed by atoms with Crippen LogP contribution in [0.15, 0.2) is 59.7 Å². The Hall–Kier alpha value is -3.15. The van der Waals surface area contributed by atoms with Crippen LogP contribution >= 0.6 is 0 Å². The summed E-state index contributed by atoms with van der Waals surface area (Å²) in [7, 11) is 3.85. The van der Waals surface area contributed by atoms with Gasteiger partial charge in [-0.1, -0.05) is 17.2 Å². The van der Waals surface area contributed by atoms with E-state index in [1.165, 1.54) is 11.6 Å². The van der Waals surface area contributed by atoms with Gasteiger partial charge in [0.15, 0.2) is 5.78 Å². The van der Waals surface area contributed by atoms with E-state index in [-0.39, 0.29) is 18.6 Å². The number of ether oxygens (including phenoxy) is 2. The molecular formula is C27H33NO5. The Balaban J connectivity index is 1.75. The third kappa shape index (κ3) is 5.81. The number of rotatable bonds is 7. The molecule has 0 radical (unpaired) electrons. The Kier molecular flexibility index (Phi) is 7.57. The van der Waals surface area contributed by atoms with E-state index in [2.05, 4.69) is 19.9 Å². The molecule has 0 N–H and O–H groups in total. The first-order valence-electron chi connectivity index (χ1n) is 11.3. The van der Waals surface area contributed by atoms with Crippen molar-refractivity contribution in [3.63, 3.8) is 0 Å². The molecular weight excluding hydrogens is 418 g/mol. The monoisotopic (exact) mass is 451 g/mol. The number of anilines is 1. The summed E-state index contributed by atoms with van der Waals surface area (Å²) in [5.74, 6) is -1.02.